The molecule has 2 rings (SSSR count). The summed E-state index contributed by atoms with van der Waals surface area (Å²) in [5, 5.41) is 12.7. The molecule has 176 valence electrons. The highest BCUT2D eigenvalue weighted by Crippen LogP contribution is 2.26. The van der Waals surface area contributed by atoms with E-state index in [1.165, 1.54) is 11.0 Å². The zero-order valence-corrected chi connectivity index (χ0v) is 19.1. The van der Waals surface area contributed by atoms with Gasteiger partial charge in [0.25, 0.3) is 0 Å². The maximum absolute atomic E-state index is 14.7. The van der Waals surface area contributed by atoms with E-state index in [1.54, 1.807) is 19.2 Å². The average Bonchev–Trinajstić information content (AvgIpc) is 2.66. The molecular formula is C22H36FN3O5. The highest BCUT2D eigenvalue weighted by Gasteiger charge is 2.24. The number of benzene rings is 1. The largest absolute Gasteiger partial charge is 0.389 e. The number of rotatable bonds is 10. The molecule has 0 radical (unpaired) electrons. The van der Waals surface area contributed by atoms with Gasteiger partial charge in [-0.25, -0.2) is 9.18 Å². The number of urea groups is 1. The predicted octanol–water partition coefficient (Wildman–Crippen LogP) is 2.71. The van der Waals surface area contributed by atoms with Crippen molar-refractivity contribution >= 4 is 17.4 Å². The van der Waals surface area contributed by atoms with E-state index in [4.69, 9.17) is 14.2 Å². The zero-order chi connectivity index (χ0) is 23.0. The summed E-state index contributed by atoms with van der Waals surface area (Å²) in [5.74, 6) is -0.404. The molecule has 0 aromatic heterocycles. The van der Waals surface area contributed by atoms with Crippen LogP contribution in [0.5, 0.6) is 0 Å². The van der Waals surface area contributed by atoms with E-state index < -0.39 is 18.0 Å². The minimum Gasteiger partial charge on any atom is -0.389 e. The number of nitrogens with zero attached hydrogens (tertiary/aromatic N) is 2. The number of hydrogen-bond donors (Lipinski definition) is 2. The van der Waals surface area contributed by atoms with Crippen molar-refractivity contribution in [2.75, 3.05) is 56.7 Å². The molecule has 0 saturated carbocycles. The first-order chi connectivity index (χ1) is 14.7. The van der Waals surface area contributed by atoms with Crippen LogP contribution in [0.15, 0.2) is 18.2 Å². The van der Waals surface area contributed by atoms with Gasteiger partial charge in [0.2, 0.25) is 0 Å². The lowest BCUT2D eigenvalue weighted by Gasteiger charge is -2.37. The maximum Gasteiger partial charge on any atom is 0.321 e. The number of aliphatic hydroxyl groups is 1. The fourth-order valence-electron chi connectivity index (χ4n) is 3.45. The van der Waals surface area contributed by atoms with Gasteiger partial charge in [-0.1, -0.05) is 0 Å². The summed E-state index contributed by atoms with van der Waals surface area (Å²) in [6.07, 6.45) is -0.661. The average molecular weight is 442 g/mol. The first kappa shape index (κ1) is 25.3. The van der Waals surface area contributed by atoms with Gasteiger partial charge in [-0.2, -0.15) is 0 Å². The summed E-state index contributed by atoms with van der Waals surface area (Å²) in [4.78, 5) is 15.7. The van der Waals surface area contributed by atoms with Crippen molar-refractivity contribution in [2.45, 2.75) is 52.1 Å². The fraction of sp³-hybridized carbons (Fsp3) is 0.682. The summed E-state index contributed by atoms with van der Waals surface area (Å²) in [7, 11) is 1.56. The second-order valence-electron chi connectivity index (χ2n) is 8.29. The maximum atomic E-state index is 14.7. The van der Waals surface area contributed by atoms with Crippen LogP contribution >= 0.6 is 0 Å². The Labute approximate surface area is 184 Å². The molecule has 2 amide bonds. The molecule has 1 aromatic carbocycles. The summed E-state index contributed by atoms with van der Waals surface area (Å²) < 4.78 is 31.1. The van der Waals surface area contributed by atoms with Crippen LogP contribution in [-0.4, -0.2) is 87.0 Å². The minimum atomic E-state index is -0.834. The normalized spacial score (nSPS) is 20.1. The molecule has 1 heterocycles. The number of hydrogen-bond acceptors (Lipinski definition) is 6. The summed E-state index contributed by atoms with van der Waals surface area (Å²) in [6.45, 7) is 10.0. The van der Waals surface area contributed by atoms with Crippen LogP contribution in [0.25, 0.3) is 0 Å². The first-order valence-electron chi connectivity index (χ1n) is 10.7. The van der Waals surface area contributed by atoms with Gasteiger partial charge in [-0.3, -0.25) is 0 Å². The molecular weight excluding hydrogens is 405 g/mol. The number of nitrogens with one attached hydrogen (secondary N) is 1. The molecule has 9 heteroatoms. The molecule has 1 saturated heterocycles. The monoisotopic (exact) mass is 441 g/mol. The van der Waals surface area contributed by atoms with Gasteiger partial charge in [-0.05, 0) is 45.9 Å². The molecule has 0 unspecified atom stereocenters. The van der Waals surface area contributed by atoms with E-state index in [1.807, 2.05) is 32.6 Å². The third-order valence-electron chi connectivity index (χ3n) is 4.78. The van der Waals surface area contributed by atoms with Crippen LogP contribution in [-0.2, 0) is 14.2 Å². The Morgan fingerprint density at radius 2 is 2.00 bits per heavy atom. The van der Waals surface area contributed by atoms with E-state index in [9.17, 15) is 14.3 Å². The molecule has 2 N–H and O–H groups in total. The zero-order valence-electron chi connectivity index (χ0n) is 19.1. The van der Waals surface area contributed by atoms with Crippen molar-refractivity contribution in [1.82, 2.24) is 4.90 Å². The molecule has 1 aliphatic heterocycles. The lowest BCUT2D eigenvalue weighted by atomic mass is 10.2. The van der Waals surface area contributed by atoms with Crippen molar-refractivity contribution in [3.8, 4) is 0 Å². The summed E-state index contributed by atoms with van der Waals surface area (Å²) in [6, 6.07) is 4.20. The Kier molecular flexibility index (Phi) is 9.95. The van der Waals surface area contributed by atoms with Gasteiger partial charge in [0.1, 0.15) is 5.82 Å². The molecule has 31 heavy (non-hydrogen) atoms. The van der Waals surface area contributed by atoms with Crippen LogP contribution in [0.2, 0.25) is 0 Å². The van der Waals surface area contributed by atoms with Crippen LogP contribution in [0.4, 0.5) is 20.6 Å². The quantitative estimate of drug-likeness (QED) is 0.543. The molecule has 1 aromatic rings. The van der Waals surface area contributed by atoms with Gasteiger partial charge in [-0.15, -0.1) is 0 Å². The Hall–Kier alpha value is -1.94. The second kappa shape index (κ2) is 12.2. The smallest absolute Gasteiger partial charge is 0.321 e. The topological polar surface area (TPSA) is 83.5 Å². The number of halogens is 1. The molecule has 3 atom stereocenters. The van der Waals surface area contributed by atoms with E-state index in [2.05, 4.69) is 5.32 Å². The second-order valence-corrected chi connectivity index (χ2v) is 8.29. The lowest BCUT2D eigenvalue weighted by Crippen LogP contribution is -2.45. The van der Waals surface area contributed by atoms with E-state index in [-0.39, 0.29) is 31.5 Å². The van der Waals surface area contributed by atoms with E-state index in [0.29, 0.717) is 37.7 Å². The van der Waals surface area contributed by atoms with Crippen molar-refractivity contribution in [3.05, 3.63) is 24.0 Å². The van der Waals surface area contributed by atoms with Crippen molar-refractivity contribution in [3.63, 3.8) is 0 Å². The van der Waals surface area contributed by atoms with Crippen molar-refractivity contribution in [2.24, 2.45) is 0 Å². The van der Waals surface area contributed by atoms with Crippen molar-refractivity contribution < 1.29 is 28.5 Å². The Morgan fingerprint density at radius 1 is 1.32 bits per heavy atom. The number of amides is 2. The van der Waals surface area contributed by atoms with Gasteiger partial charge >= 0.3 is 6.03 Å². The highest BCUT2D eigenvalue weighted by molar-refractivity contribution is 5.89. The molecule has 8 nitrogen and oxygen atoms in total. The Morgan fingerprint density at radius 3 is 2.61 bits per heavy atom. The minimum absolute atomic E-state index is 0.0225. The fourth-order valence-corrected chi connectivity index (χ4v) is 3.45. The van der Waals surface area contributed by atoms with Gasteiger partial charge in [0, 0.05) is 25.8 Å². The van der Waals surface area contributed by atoms with E-state index in [0.717, 1.165) is 0 Å². The predicted molar refractivity (Wildman–Crippen MR) is 118 cm³/mol. The van der Waals surface area contributed by atoms with Crippen molar-refractivity contribution in [1.29, 1.82) is 0 Å². The van der Waals surface area contributed by atoms with Gasteiger partial charge < -0.3 is 34.4 Å². The number of ether oxygens (including phenoxy) is 3. The first-order valence-corrected chi connectivity index (χ1v) is 10.7. The number of carbonyl (C=O) groups excluding carboxylic acids is 1. The third-order valence-corrected chi connectivity index (χ3v) is 4.78. The van der Waals surface area contributed by atoms with Crippen LogP contribution in [0, 0.1) is 5.82 Å². The van der Waals surface area contributed by atoms with Gasteiger partial charge in [0.15, 0.2) is 0 Å². The molecule has 1 aliphatic rings. The number of carbonyl (C=O) groups is 1. The lowest BCUT2D eigenvalue weighted by molar-refractivity contribution is -0.0144. The number of morpholine rings is 1. The molecule has 0 spiro atoms. The Balaban J connectivity index is 1.81. The third kappa shape index (κ3) is 8.60. The van der Waals surface area contributed by atoms with Crippen LogP contribution in [0.1, 0.15) is 27.7 Å². The molecule has 0 aliphatic carbocycles. The highest BCUT2D eigenvalue weighted by atomic mass is 19.1. The molecule has 1 fully saturated rings. The summed E-state index contributed by atoms with van der Waals surface area (Å²) >= 11 is 0. The molecule has 0 bridgehead atoms. The number of likely N-dealkylation sites (N-methyl/N-ethyl adjacent to an activating group) is 1. The van der Waals surface area contributed by atoms with Crippen LogP contribution < -0.4 is 10.2 Å². The van der Waals surface area contributed by atoms with E-state index >= 15 is 0 Å². The number of anilines is 2. The standard InChI is InChI=1S/C22H36FN3O5/c1-15(2)30-9-8-29-14-19(27)13-25(5)22(28)24-18-6-7-21(20(23)10-18)26-11-16(3)31-17(4)12-26/h6-7,10,15-17,19,27H,8-9,11-14H2,1-5H3,(H,24,28)/t16-,17+,19-/m0/s1. The van der Waals surface area contributed by atoms with Crippen LogP contribution in [0.3, 0.4) is 0 Å². The summed E-state index contributed by atoms with van der Waals surface area (Å²) in [5.41, 5.74) is 0.839. The number of aliphatic hydroxyl groups excluding tert-OH is 1. The van der Waals surface area contributed by atoms with Gasteiger partial charge in [0.05, 0.1) is 56.5 Å². The Bertz CT molecular complexity index is 696. The SMILES string of the molecule is CC(C)OCCOC[C@@H](O)CN(C)C(=O)Nc1ccc(N2C[C@@H](C)O[C@@H](C)C2)c(F)c1.